The molecule has 0 N–H and O–H groups in total. The van der Waals surface area contributed by atoms with Gasteiger partial charge in [-0.3, -0.25) is 9.88 Å². The van der Waals surface area contributed by atoms with Crippen LogP contribution in [0.1, 0.15) is 17.2 Å². The lowest BCUT2D eigenvalue weighted by atomic mass is 10.1. The fraction of sp³-hybridized carbons (Fsp3) is 0.150. The fourth-order valence-corrected chi connectivity index (χ4v) is 2.83. The molecule has 1 unspecified atom stereocenters. The van der Waals surface area contributed by atoms with E-state index in [1.165, 1.54) is 18.3 Å². The lowest BCUT2D eigenvalue weighted by Gasteiger charge is -2.13. The molecule has 1 aliphatic rings. The van der Waals surface area contributed by atoms with Crippen molar-refractivity contribution in [3.05, 3.63) is 84.1 Å². The zero-order valence-electron chi connectivity index (χ0n) is 14.3. The van der Waals surface area contributed by atoms with Gasteiger partial charge in [-0.1, -0.05) is 24.3 Å². The van der Waals surface area contributed by atoms with Crippen LogP contribution < -0.4 is 4.74 Å². The van der Waals surface area contributed by atoms with Crippen molar-refractivity contribution in [2.45, 2.75) is 12.6 Å². The van der Waals surface area contributed by atoms with E-state index in [9.17, 15) is 9.18 Å². The summed E-state index contributed by atoms with van der Waals surface area (Å²) in [6.45, 7) is 0.838. The summed E-state index contributed by atoms with van der Waals surface area (Å²) in [6.07, 6.45) is 3.88. The van der Waals surface area contributed by atoms with Crippen molar-refractivity contribution < 1.29 is 18.7 Å². The number of carbonyl (C=O) groups is 1. The van der Waals surface area contributed by atoms with Crippen LogP contribution in [0.15, 0.2) is 67.1 Å². The molecule has 0 radical (unpaired) electrons. The zero-order chi connectivity index (χ0) is 18.6. The number of cyclic esters (lactones) is 1. The Balaban J connectivity index is 1.38. The van der Waals surface area contributed by atoms with E-state index in [1.807, 2.05) is 24.3 Å². The first-order chi connectivity index (χ1) is 13.2. The van der Waals surface area contributed by atoms with Crippen LogP contribution in [0.2, 0.25) is 0 Å². The summed E-state index contributed by atoms with van der Waals surface area (Å²) >= 11 is 0. The fourth-order valence-electron chi connectivity index (χ4n) is 2.83. The number of benzene rings is 2. The average molecular weight is 365 g/mol. The Kier molecular flexibility index (Phi) is 4.65. The summed E-state index contributed by atoms with van der Waals surface area (Å²) in [5.74, 6) is 0.728. The van der Waals surface area contributed by atoms with E-state index in [-0.39, 0.29) is 11.9 Å². The number of amides is 1. The Morgan fingerprint density at radius 3 is 2.59 bits per heavy atom. The summed E-state index contributed by atoms with van der Waals surface area (Å²) in [5, 5.41) is 0. The Morgan fingerprint density at radius 1 is 1.11 bits per heavy atom. The van der Waals surface area contributed by atoms with Crippen LogP contribution in [-0.4, -0.2) is 27.5 Å². The third kappa shape index (κ3) is 4.03. The monoisotopic (exact) mass is 365 g/mol. The van der Waals surface area contributed by atoms with Gasteiger partial charge in [-0.2, -0.15) is 0 Å². The molecule has 1 atom stereocenters. The molecule has 1 saturated heterocycles. The Bertz CT molecular complexity index is 917. The molecule has 27 heavy (non-hydrogen) atoms. The Morgan fingerprint density at radius 2 is 1.89 bits per heavy atom. The van der Waals surface area contributed by atoms with Gasteiger partial charge in [0.15, 0.2) is 0 Å². The van der Waals surface area contributed by atoms with E-state index < -0.39 is 6.10 Å². The van der Waals surface area contributed by atoms with Crippen molar-refractivity contribution in [1.82, 2.24) is 14.9 Å². The number of carbonyl (C=O) groups excluding carboxylic acids is 1. The second-order valence-electron chi connectivity index (χ2n) is 6.09. The number of aromatic nitrogens is 2. The third-order valence-corrected chi connectivity index (χ3v) is 4.19. The maximum atomic E-state index is 13.0. The van der Waals surface area contributed by atoms with Gasteiger partial charge < -0.3 is 9.47 Å². The number of halogens is 1. The molecule has 1 amide bonds. The highest BCUT2D eigenvalue weighted by Gasteiger charge is 2.32. The molecule has 7 heteroatoms. The largest absolute Gasteiger partial charge is 0.439 e. The van der Waals surface area contributed by atoms with Crippen molar-refractivity contribution in [1.29, 1.82) is 0 Å². The van der Waals surface area contributed by atoms with Crippen LogP contribution in [0.5, 0.6) is 11.6 Å². The molecule has 0 saturated carbocycles. The van der Waals surface area contributed by atoms with Crippen molar-refractivity contribution in [3.63, 3.8) is 0 Å². The maximum absolute atomic E-state index is 13.0. The van der Waals surface area contributed by atoms with Crippen LogP contribution in [0, 0.1) is 5.82 Å². The maximum Gasteiger partial charge on any atom is 0.410 e. The van der Waals surface area contributed by atoms with E-state index in [1.54, 1.807) is 29.4 Å². The summed E-state index contributed by atoms with van der Waals surface area (Å²) in [7, 11) is 0. The zero-order valence-corrected chi connectivity index (χ0v) is 14.3. The van der Waals surface area contributed by atoms with Gasteiger partial charge in [0.1, 0.15) is 17.7 Å². The van der Waals surface area contributed by atoms with Gasteiger partial charge in [-0.25, -0.2) is 14.2 Å². The molecule has 0 spiro atoms. The first kappa shape index (κ1) is 17.0. The lowest BCUT2D eigenvalue weighted by molar-refractivity contribution is 0.132. The van der Waals surface area contributed by atoms with Crippen molar-refractivity contribution >= 4 is 6.09 Å². The molecular formula is C20H16FN3O3. The Hall–Kier alpha value is -3.48. The number of hydrogen-bond donors (Lipinski definition) is 0. The summed E-state index contributed by atoms with van der Waals surface area (Å²) in [4.78, 5) is 21.7. The molecule has 4 rings (SSSR count). The molecule has 6 nitrogen and oxygen atoms in total. The molecule has 2 aromatic carbocycles. The van der Waals surface area contributed by atoms with Crippen LogP contribution >= 0.6 is 0 Å². The molecule has 1 aromatic heterocycles. The molecule has 1 aliphatic heterocycles. The summed E-state index contributed by atoms with van der Waals surface area (Å²) in [6, 6.07) is 13.4. The van der Waals surface area contributed by atoms with Crippen molar-refractivity contribution in [3.8, 4) is 11.6 Å². The molecule has 1 fully saturated rings. The SMILES string of the molecule is O=C1OC(c2ccc(F)cc2)CN1Cc1ccc(Oc2cnccn2)cc1. The normalized spacial score (nSPS) is 16.3. The quantitative estimate of drug-likeness (QED) is 0.681. The predicted molar refractivity (Wildman–Crippen MR) is 94.6 cm³/mol. The highest BCUT2D eigenvalue weighted by molar-refractivity contribution is 5.70. The van der Waals surface area contributed by atoms with Crippen LogP contribution in [0.4, 0.5) is 9.18 Å². The number of ether oxygens (including phenoxy) is 2. The van der Waals surface area contributed by atoms with E-state index in [4.69, 9.17) is 9.47 Å². The van der Waals surface area contributed by atoms with Crippen molar-refractivity contribution in [2.75, 3.05) is 6.54 Å². The Labute approximate surface area is 155 Å². The second kappa shape index (κ2) is 7.41. The number of hydrogen-bond acceptors (Lipinski definition) is 5. The number of nitrogens with zero attached hydrogens (tertiary/aromatic N) is 3. The van der Waals surface area contributed by atoms with Gasteiger partial charge in [-0.05, 0) is 35.4 Å². The summed E-state index contributed by atoms with van der Waals surface area (Å²) in [5.41, 5.74) is 1.72. The first-order valence-electron chi connectivity index (χ1n) is 8.41. The van der Waals surface area contributed by atoms with Crippen LogP contribution in [0.25, 0.3) is 0 Å². The standard InChI is InChI=1S/C20H16FN3O3/c21-16-5-3-15(4-6-16)18-13-24(20(25)27-18)12-14-1-7-17(8-2-14)26-19-11-22-9-10-23-19/h1-11,18H,12-13H2. The highest BCUT2D eigenvalue weighted by atomic mass is 19.1. The summed E-state index contributed by atoms with van der Waals surface area (Å²) < 4.78 is 24.0. The van der Waals surface area contributed by atoms with Gasteiger partial charge >= 0.3 is 6.09 Å². The molecule has 0 bridgehead atoms. The molecular weight excluding hydrogens is 349 g/mol. The minimum Gasteiger partial charge on any atom is -0.439 e. The third-order valence-electron chi connectivity index (χ3n) is 4.19. The predicted octanol–water partition coefficient (Wildman–Crippen LogP) is 4.10. The molecule has 136 valence electrons. The van der Waals surface area contributed by atoms with Gasteiger partial charge in [0.2, 0.25) is 5.88 Å². The van der Waals surface area contributed by atoms with Gasteiger partial charge in [0.25, 0.3) is 0 Å². The minimum absolute atomic E-state index is 0.316. The van der Waals surface area contributed by atoms with Gasteiger partial charge in [0, 0.05) is 18.9 Å². The van der Waals surface area contributed by atoms with Gasteiger partial charge in [-0.15, -0.1) is 0 Å². The van der Waals surface area contributed by atoms with Crippen molar-refractivity contribution in [2.24, 2.45) is 0 Å². The smallest absolute Gasteiger partial charge is 0.410 e. The number of rotatable bonds is 5. The van der Waals surface area contributed by atoms with E-state index in [0.717, 1.165) is 11.1 Å². The molecule has 2 heterocycles. The lowest BCUT2D eigenvalue weighted by Crippen LogP contribution is -2.23. The average Bonchev–Trinajstić information content (AvgIpc) is 3.05. The van der Waals surface area contributed by atoms with E-state index in [0.29, 0.717) is 24.7 Å². The highest BCUT2D eigenvalue weighted by Crippen LogP contribution is 2.28. The topological polar surface area (TPSA) is 64.5 Å². The van der Waals surface area contributed by atoms with Gasteiger partial charge in [0.05, 0.1) is 12.7 Å². The molecule has 3 aromatic rings. The van der Waals surface area contributed by atoms with Crippen LogP contribution in [-0.2, 0) is 11.3 Å². The van der Waals surface area contributed by atoms with Crippen LogP contribution in [0.3, 0.4) is 0 Å². The first-order valence-corrected chi connectivity index (χ1v) is 8.41. The molecule has 0 aliphatic carbocycles. The minimum atomic E-state index is -0.391. The van der Waals surface area contributed by atoms with E-state index in [2.05, 4.69) is 9.97 Å². The second-order valence-corrected chi connectivity index (χ2v) is 6.09. The van der Waals surface area contributed by atoms with E-state index >= 15 is 0 Å².